The molecule has 1 aromatic heterocycles. The van der Waals surface area contributed by atoms with E-state index in [-0.39, 0.29) is 5.06 Å². The van der Waals surface area contributed by atoms with Gasteiger partial charge in [0.15, 0.2) is 5.06 Å². The molecule has 0 saturated carbocycles. The molecule has 2 nitrogen and oxygen atoms in total. The van der Waals surface area contributed by atoms with Crippen molar-refractivity contribution in [3.63, 3.8) is 0 Å². The lowest BCUT2D eigenvalue weighted by Gasteiger charge is -1.97. The molecule has 0 bridgehead atoms. The molecule has 13 heavy (non-hydrogen) atoms. The van der Waals surface area contributed by atoms with Crippen molar-refractivity contribution in [1.82, 2.24) is 0 Å². The van der Waals surface area contributed by atoms with E-state index in [1.807, 2.05) is 30.3 Å². The first-order valence-electron chi connectivity index (χ1n) is 3.91. The second kappa shape index (κ2) is 3.11. The Kier molecular flexibility index (Phi) is 1.94. The molecule has 0 amide bonds. The molecule has 66 valence electrons. The van der Waals surface area contributed by atoms with E-state index in [1.165, 1.54) is 11.3 Å². The summed E-state index contributed by atoms with van der Waals surface area (Å²) in [5.41, 5.74) is 7.68. The molecule has 0 radical (unpaired) electrons. The molecular formula is C10H9NOS. The SMILES string of the molecule is Nc1sc(O)cc1-c1ccccc1. The van der Waals surface area contributed by atoms with Crippen LogP contribution in [0, 0.1) is 0 Å². The lowest BCUT2D eigenvalue weighted by Crippen LogP contribution is -1.82. The van der Waals surface area contributed by atoms with Crippen LogP contribution in [0.2, 0.25) is 0 Å². The van der Waals surface area contributed by atoms with Gasteiger partial charge in [-0.1, -0.05) is 41.7 Å². The summed E-state index contributed by atoms with van der Waals surface area (Å²) >= 11 is 1.20. The minimum atomic E-state index is 0.261. The second-order valence-corrected chi connectivity index (χ2v) is 3.79. The van der Waals surface area contributed by atoms with Crippen molar-refractivity contribution < 1.29 is 5.11 Å². The minimum absolute atomic E-state index is 0.261. The van der Waals surface area contributed by atoms with Crippen LogP contribution in [0.4, 0.5) is 5.00 Å². The van der Waals surface area contributed by atoms with Gasteiger partial charge >= 0.3 is 0 Å². The first kappa shape index (κ1) is 8.13. The molecule has 2 rings (SSSR count). The molecule has 0 aliphatic heterocycles. The average Bonchev–Trinajstić information content (AvgIpc) is 2.47. The number of hydrogen-bond acceptors (Lipinski definition) is 3. The third kappa shape index (κ3) is 1.51. The van der Waals surface area contributed by atoms with Crippen molar-refractivity contribution in [3.05, 3.63) is 36.4 Å². The Labute approximate surface area is 80.3 Å². The molecular weight excluding hydrogens is 182 g/mol. The van der Waals surface area contributed by atoms with Crippen LogP contribution in [0.5, 0.6) is 5.06 Å². The summed E-state index contributed by atoms with van der Waals surface area (Å²) < 4.78 is 0. The van der Waals surface area contributed by atoms with Gasteiger partial charge in [0, 0.05) is 11.6 Å². The Bertz CT molecular complexity index is 408. The maximum Gasteiger partial charge on any atom is 0.173 e. The molecule has 0 atom stereocenters. The third-order valence-electron chi connectivity index (χ3n) is 1.83. The van der Waals surface area contributed by atoms with E-state index >= 15 is 0 Å². The van der Waals surface area contributed by atoms with Gasteiger partial charge in [0.1, 0.15) is 0 Å². The van der Waals surface area contributed by atoms with Crippen molar-refractivity contribution >= 4 is 16.3 Å². The van der Waals surface area contributed by atoms with Gasteiger partial charge in [0.25, 0.3) is 0 Å². The number of aromatic hydroxyl groups is 1. The molecule has 1 aromatic carbocycles. The highest BCUT2D eigenvalue weighted by Crippen LogP contribution is 2.37. The third-order valence-corrected chi connectivity index (χ3v) is 2.60. The smallest absolute Gasteiger partial charge is 0.173 e. The zero-order valence-electron chi connectivity index (χ0n) is 6.90. The number of nitrogen functional groups attached to an aromatic ring is 1. The maximum absolute atomic E-state index is 9.23. The van der Waals surface area contributed by atoms with Gasteiger partial charge < -0.3 is 10.8 Å². The van der Waals surface area contributed by atoms with Gasteiger partial charge in [-0.3, -0.25) is 0 Å². The molecule has 0 fully saturated rings. The fourth-order valence-corrected chi connectivity index (χ4v) is 1.92. The lowest BCUT2D eigenvalue weighted by atomic mass is 10.1. The van der Waals surface area contributed by atoms with Crippen LogP contribution in [0.1, 0.15) is 0 Å². The Morgan fingerprint density at radius 3 is 2.38 bits per heavy atom. The molecule has 0 aliphatic rings. The summed E-state index contributed by atoms with van der Waals surface area (Å²) in [5.74, 6) is 0. The van der Waals surface area contributed by atoms with Gasteiger partial charge in [-0.25, -0.2) is 0 Å². The Morgan fingerprint density at radius 2 is 1.85 bits per heavy atom. The molecule has 0 aliphatic carbocycles. The van der Waals surface area contributed by atoms with Gasteiger partial charge in [0.2, 0.25) is 0 Å². The van der Waals surface area contributed by atoms with Crippen molar-refractivity contribution in [2.45, 2.75) is 0 Å². The van der Waals surface area contributed by atoms with Crippen molar-refractivity contribution in [3.8, 4) is 16.2 Å². The number of anilines is 1. The highest BCUT2D eigenvalue weighted by Gasteiger charge is 2.06. The zero-order chi connectivity index (χ0) is 9.26. The largest absolute Gasteiger partial charge is 0.499 e. The molecule has 0 saturated heterocycles. The first-order valence-corrected chi connectivity index (χ1v) is 4.73. The topological polar surface area (TPSA) is 46.2 Å². The summed E-state index contributed by atoms with van der Waals surface area (Å²) in [7, 11) is 0. The molecule has 1 heterocycles. The van der Waals surface area contributed by atoms with E-state index in [4.69, 9.17) is 5.73 Å². The molecule has 2 aromatic rings. The van der Waals surface area contributed by atoms with Gasteiger partial charge in [-0.05, 0) is 5.56 Å². The fraction of sp³-hybridized carbons (Fsp3) is 0. The van der Waals surface area contributed by atoms with Crippen LogP contribution in [0.3, 0.4) is 0 Å². The summed E-state index contributed by atoms with van der Waals surface area (Å²) in [6.45, 7) is 0. The van der Waals surface area contributed by atoms with E-state index < -0.39 is 0 Å². The van der Waals surface area contributed by atoms with E-state index in [0.717, 1.165) is 11.1 Å². The Balaban J connectivity index is 2.53. The minimum Gasteiger partial charge on any atom is -0.499 e. The van der Waals surface area contributed by atoms with E-state index in [9.17, 15) is 5.11 Å². The number of thiophene rings is 1. The Morgan fingerprint density at radius 1 is 1.15 bits per heavy atom. The quantitative estimate of drug-likeness (QED) is 0.728. The highest BCUT2D eigenvalue weighted by atomic mass is 32.1. The standard InChI is InChI=1S/C10H9NOS/c11-10-8(6-9(12)13-10)7-4-2-1-3-5-7/h1-6,12H,11H2. The van der Waals surface area contributed by atoms with E-state index in [0.29, 0.717) is 5.00 Å². The fourth-order valence-electron chi connectivity index (χ4n) is 1.24. The van der Waals surface area contributed by atoms with Crippen molar-refractivity contribution in [1.29, 1.82) is 0 Å². The molecule has 3 N–H and O–H groups in total. The Hall–Kier alpha value is -1.48. The molecule has 0 unspecified atom stereocenters. The van der Waals surface area contributed by atoms with Crippen molar-refractivity contribution in [2.75, 3.05) is 5.73 Å². The predicted molar refractivity (Wildman–Crippen MR) is 55.8 cm³/mol. The number of benzene rings is 1. The van der Waals surface area contributed by atoms with Crippen molar-refractivity contribution in [2.24, 2.45) is 0 Å². The van der Waals surface area contributed by atoms with E-state index in [2.05, 4.69) is 0 Å². The predicted octanol–water partition coefficient (Wildman–Crippen LogP) is 2.70. The van der Waals surface area contributed by atoms with Crippen LogP contribution in [-0.2, 0) is 0 Å². The summed E-state index contributed by atoms with van der Waals surface area (Å²) in [4.78, 5) is 0. The monoisotopic (exact) mass is 191 g/mol. The van der Waals surface area contributed by atoms with Crippen LogP contribution in [-0.4, -0.2) is 5.11 Å². The van der Waals surface area contributed by atoms with Crippen LogP contribution in [0.25, 0.3) is 11.1 Å². The maximum atomic E-state index is 9.23. The summed E-state index contributed by atoms with van der Waals surface area (Å²) in [6.07, 6.45) is 0. The highest BCUT2D eigenvalue weighted by molar-refractivity contribution is 7.18. The average molecular weight is 191 g/mol. The number of nitrogens with two attached hydrogens (primary N) is 1. The number of rotatable bonds is 1. The normalized spacial score (nSPS) is 10.2. The van der Waals surface area contributed by atoms with E-state index in [1.54, 1.807) is 6.07 Å². The van der Waals surface area contributed by atoms with Crippen LogP contribution in [0.15, 0.2) is 36.4 Å². The summed E-state index contributed by atoms with van der Waals surface area (Å²) in [5, 5.41) is 10.2. The number of hydrogen-bond donors (Lipinski definition) is 2. The zero-order valence-corrected chi connectivity index (χ0v) is 7.71. The van der Waals surface area contributed by atoms with Gasteiger partial charge in [0.05, 0.1) is 5.00 Å². The van der Waals surface area contributed by atoms with Gasteiger partial charge in [-0.2, -0.15) is 0 Å². The summed E-state index contributed by atoms with van der Waals surface area (Å²) in [6, 6.07) is 11.5. The molecule has 0 spiro atoms. The first-order chi connectivity index (χ1) is 6.27. The van der Waals surface area contributed by atoms with Crippen LogP contribution >= 0.6 is 11.3 Å². The van der Waals surface area contributed by atoms with Gasteiger partial charge in [-0.15, -0.1) is 0 Å². The molecule has 3 heteroatoms. The second-order valence-electron chi connectivity index (χ2n) is 2.73. The van der Waals surface area contributed by atoms with Crippen LogP contribution < -0.4 is 5.73 Å². The lowest BCUT2D eigenvalue weighted by molar-refractivity contribution is 0.491.